The Morgan fingerprint density at radius 2 is 1.25 bits per heavy atom. The van der Waals surface area contributed by atoms with Gasteiger partial charge in [0.15, 0.2) is 0 Å². The molecule has 0 aliphatic heterocycles. The van der Waals surface area contributed by atoms with Crippen LogP contribution in [0.5, 0.6) is 0 Å². The molecule has 0 aliphatic carbocycles. The molecule has 0 unspecified atom stereocenters. The van der Waals surface area contributed by atoms with Crippen LogP contribution < -0.4 is 93.6 Å². The van der Waals surface area contributed by atoms with Crippen molar-refractivity contribution < 1.29 is 111 Å². The first-order valence-electron chi connectivity index (χ1n) is 0.765. The fourth-order valence-electron chi connectivity index (χ4n) is 0. The molecule has 0 aromatic rings. The van der Waals surface area contributed by atoms with Crippen molar-refractivity contribution >= 4 is 7.82 Å². The topological polar surface area (TPSA) is 80.6 Å². The van der Waals surface area contributed by atoms with E-state index in [0.29, 0.717) is 0 Å². The van der Waals surface area contributed by atoms with Crippen LogP contribution in [-0.4, -0.2) is 9.79 Å². The summed E-state index contributed by atoms with van der Waals surface area (Å²) in [5, 5.41) is 0. The number of rotatable bonds is 0. The van der Waals surface area contributed by atoms with Crippen molar-refractivity contribution in [2.24, 2.45) is 0 Å². The van der Waals surface area contributed by atoms with Gasteiger partial charge in [0.1, 0.15) is 0 Å². The Morgan fingerprint density at radius 3 is 1.25 bits per heavy atom. The van der Waals surface area contributed by atoms with Crippen molar-refractivity contribution in [1.82, 2.24) is 0 Å². The molecule has 0 saturated heterocycles. The predicted octanol–water partition coefficient (Wildman–Crippen LogP) is -10.3. The minimum absolute atomic E-state index is 0. The van der Waals surface area contributed by atoms with Gasteiger partial charge < -0.3 is 17.5 Å². The molecule has 8 heteroatoms. The van der Waals surface area contributed by atoms with Crippen LogP contribution in [0.3, 0.4) is 0 Å². The van der Waals surface area contributed by atoms with Crippen LogP contribution in [0.1, 0.15) is 2.85 Å². The van der Waals surface area contributed by atoms with Crippen LogP contribution in [0.25, 0.3) is 0 Å². The third kappa shape index (κ3) is 61.9. The Labute approximate surface area is 117 Å². The quantitative estimate of drug-likeness (QED) is 0.278. The summed E-state index contributed by atoms with van der Waals surface area (Å²) < 4.78 is 8.77. The zero-order chi connectivity index (χ0) is 4.50. The maximum Gasteiger partial charge on any atom is 1.00 e. The van der Waals surface area contributed by atoms with Crippen molar-refractivity contribution in [2.45, 2.75) is 0 Å². The minimum atomic E-state index is -4.89. The SMILES string of the molecule is O=P([O-])(O)O.[H-].[H-].[Na+].[Na+].[Na+]. The van der Waals surface area contributed by atoms with Crippen LogP contribution in [0, 0.1) is 0 Å². The molecule has 0 aromatic heterocycles. The third-order valence-corrected chi connectivity index (χ3v) is 0. The van der Waals surface area contributed by atoms with Gasteiger partial charge in [0.25, 0.3) is 7.82 Å². The van der Waals surface area contributed by atoms with Crippen molar-refractivity contribution in [3.05, 3.63) is 0 Å². The Kier molecular flexibility index (Phi) is 28.4. The molecule has 0 heterocycles. The maximum atomic E-state index is 8.77. The summed E-state index contributed by atoms with van der Waals surface area (Å²) >= 11 is 0. The van der Waals surface area contributed by atoms with E-state index in [1.165, 1.54) is 0 Å². The van der Waals surface area contributed by atoms with Crippen LogP contribution in [0.15, 0.2) is 0 Å². The Bertz CT molecular complexity index is 64.6. The molecule has 4 nitrogen and oxygen atoms in total. The van der Waals surface area contributed by atoms with Gasteiger partial charge in [0.2, 0.25) is 0 Å². The standard InChI is InChI=1S/3Na.H3O4P.2H/c;;;1-5(2,3)4;;/h;;;(H3,1,2,3,4);;/q3*+1;;2*-1/p-1. The molecule has 0 fully saturated rings. The summed E-state index contributed by atoms with van der Waals surface area (Å²) in [7, 11) is -4.89. The van der Waals surface area contributed by atoms with E-state index in [1.807, 2.05) is 0 Å². The summed E-state index contributed by atoms with van der Waals surface area (Å²) in [6, 6.07) is 0. The number of hydrogen-bond donors (Lipinski definition) is 2. The van der Waals surface area contributed by atoms with E-state index in [1.54, 1.807) is 0 Å². The normalized spacial score (nSPS) is 7.38. The summed E-state index contributed by atoms with van der Waals surface area (Å²) in [5.74, 6) is 0. The molecular formula is H4Na3O4P. The van der Waals surface area contributed by atoms with E-state index < -0.39 is 7.82 Å². The molecule has 36 valence electrons. The molecule has 0 aromatic carbocycles. The first kappa shape index (κ1) is 22.5. The Balaban J connectivity index is -0.00000000800. The first-order chi connectivity index (χ1) is 2.00. The van der Waals surface area contributed by atoms with E-state index >= 15 is 0 Å². The van der Waals surface area contributed by atoms with Gasteiger partial charge in [0.05, 0.1) is 0 Å². The Morgan fingerprint density at radius 1 is 1.25 bits per heavy atom. The van der Waals surface area contributed by atoms with Crippen molar-refractivity contribution in [3.8, 4) is 0 Å². The molecule has 0 aliphatic rings. The number of phosphoric acid groups is 1. The van der Waals surface area contributed by atoms with Crippen molar-refractivity contribution in [1.29, 1.82) is 0 Å². The second kappa shape index (κ2) is 10.1. The summed E-state index contributed by atoms with van der Waals surface area (Å²) in [5.41, 5.74) is 0. The number of hydrogen-bond acceptors (Lipinski definition) is 2. The zero-order valence-corrected chi connectivity index (χ0v) is 12.1. The van der Waals surface area contributed by atoms with Gasteiger partial charge in [-0.15, -0.1) is 0 Å². The van der Waals surface area contributed by atoms with Crippen LogP contribution in [0.2, 0.25) is 0 Å². The van der Waals surface area contributed by atoms with E-state index in [9.17, 15) is 0 Å². The van der Waals surface area contributed by atoms with E-state index in [4.69, 9.17) is 19.2 Å². The van der Waals surface area contributed by atoms with Gasteiger partial charge in [0, 0.05) is 0 Å². The van der Waals surface area contributed by atoms with Crippen LogP contribution in [-0.2, 0) is 4.57 Å². The largest absolute Gasteiger partial charge is 1.00 e. The van der Waals surface area contributed by atoms with Crippen molar-refractivity contribution in [3.63, 3.8) is 0 Å². The summed E-state index contributed by atoms with van der Waals surface area (Å²) in [6.07, 6.45) is 0. The molecule has 8 heavy (non-hydrogen) atoms. The van der Waals surface area contributed by atoms with Gasteiger partial charge in [-0.2, -0.15) is 0 Å². The van der Waals surface area contributed by atoms with Crippen LogP contribution >= 0.6 is 7.82 Å². The zero-order valence-electron chi connectivity index (χ0n) is 7.16. The third-order valence-electron chi connectivity index (χ3n) is 0. The van der Waals surface area contributed by atoms with Gasteiger partial charge in [-0.3, -0.25) is 4.57 Å². The fraction of sp³-hybridized carbons (Fsp3) is 0. The van der Waals surface area contributed by atoms with E-state index in [-0.39, 0.29) is 91.5 Å². The van der Waals surface area contributed by atoms with E-state index in [2.05, 4.69) is 0 Å². The van der Waals surface area contributed by atoms with Gasteiger partial charge in [-0.1, -0.05) is 0 Å². The second-order valence-corrected chi connectivity index (χ2v) is 1.47. The van der Waals surface area contributed by atoms with E-state index in [0.717, 1.165) is 0 Å². The smallest absolute Gasteiger partial charge is 1.00 e. The molecule has 0 atom stereocenters. The first-order valence-corrected chi connectivity index (χ1v) is 2.30. The molecule has 2 N–H and O–H groups in total. The second-order valence-electron chi connectivity index (χ2n) is 0.491. The average Bonchev–Trinajstić information content (AvgIpc) is 0.722. The molecular weight excluding hydrogens is 164 g/mol. The van der Waals surface area contributed by atoms with Gasteiger partial charge in [-0.05, 0) is 0 Å². The molecule has 0 spiro atoms. The summed E-state index contributed by atoms with van der Waals surface area (Å²) in [4.78, 5) is 22.9. The van der Waals surface area contributed by atoms with Crippen molar-refractivity contribution in [2.75, 3.05) is 0 Å². The van der Waals surface area contributed by atoms with Gasteiger partial charge >= 0.3 is 88.7 Å². The summed E-state index contributed by atoms with van der Waals surface area (Å²) in [6.45, 7) is 0. The molecule has 0 radical (unpaired) electrons. The molecule has 0 saturated carbocycles. The fourth-order valence-corrected chi connectivity index (χ4v) is 0. The molecule has 0 bridgehead atoms. The maximum absolute atomic E-state index is 8.77. The van der Waals surface area contributed by atoms with Gasteiger partial charge in [-0.25, -0.2) is 0 Å². The molecule has 0 rings (SSSR count). The average molecular weight is 168 g/mol. The molecule has 0 amide bonds. The predicted molar refractivity (Wildman–Crippen MR) is 14.3 cm³/mol. The Hall–Kier alpha value is 3.11. The van der Waals surface area contributed by atoms with Crippen LogP contribution in [0.4, 0.5) is 0 Å². The minimum Gasteiger partial charge on any atom is -1.00 e. The monoisotopic (exact) mass is 168 g/mol.